The van der Waals surface area contributed by atoms with Crippen LogP contribution in [-0.2, 0) is 22.4 Å². The first kappa shape index (κ1) is 30.0. The van der Waals surface area contributed by atoms with Crippen molar-refractivity contribution < 1.29 is 30.0 Å². The first-order valence-electron chi connectivity index (χ1n) is 11.8. The molecular formula is C26H34Cl2N2O6. The second kappa shape index (κ2) is 14.5. The summed E-state index contributed by atoms with van der Waals surface area (Å²) in [6.45, 7) is 8.78. The number of rotatable bonds is 3. The largest absolute Gasteiger partial charge is 0.479 e. The highest BCUT2D eigenvalue weighted by atomic mass is 35.5. The third-order valence-corrected chi connectivity index (χ3v) is 6.60. The van der Waals surface area contributed by atoms with Gasteiger partial charge in [0, 0.05) is 23.1 Å². The summed E-state index contributed by atoms with van der Waals surface area (Å²) < 4.78 is 0. The minimum atomic E-state index is -2.27. The van der Waals surface area contributed by atoms with Crippen LogP contribution < -0.4 is 10.6 Å². The van der Waals surface area contributed by atoms with Crippen molar-refractivity contribution in [1.29, 1.82) is 0 Å². The number of hydrogen-bond donors (Lipinski definition) is 6. The summed E-state index contributed by atoms with van der Waals surface area (Å²) >= 11 is 11.9. The van der Waals surface area contributed by atoms with Gasteiger partial charge in [0.2, 0.25) is 0 Å². The molecule has 0 saturated carbocycles. The van der Waals surface area contributed by atoms with Gasteiger partial charge in [-0.15, -0.1) is 0 Å². The van der Waals surface area contributed by atoms with Crippen molar-refractivity contribution in [3.63, 3.8) is 0 Å². The summed E-state index contributed by atoms with van der Waals surface area (Å²) in [4.78, 5) is 19.5. The number of fused-ring (bicyclic) bond motifs is 2. The molecule has 36 heavy (non-hydrogen) atoms. The Morgan fingerprint density at radius 2 is 1.14 bits per heavy atom. The molecule has 0 amide bonds. The second-order valence-electron chi connectivity index (χ2n) is 8.96. The van der Waals surface area contributed by atoms with Gasteiger partial charge in [-0.2, -0.15) is 0 Å². The molecule has 0 spiro atoms. The van der Waals surface area contributed by atoms with Crippen molar-refractivity contribution in [2.24, 2.45) is 0 Å². The minimum Gasteiger partial charge on any atom is -0.479 e. The van der Waals surface area contributed by atoms with Crippen LogP contribution in [0.3, 0.4) is 0 Å². The van der Waals surface area contributed by atoms with Gasteiger partial charge in [0.1, 0.15) is 0 Å². The normalized spacial score (nSPS) is 20.4. The Hall–Kier alpha value is -2.20. The van der Waals surface area contributed by atoms with Gasteiger partial charge < -0.3 is 31.1 Å². The van der Waals surface area contributed by atoms with E-state index in [0.717, 1.165) is 49.1 Å². The summed E-state index contributed by atoms with van der Waals surface area (Å²) in [5, 5.41) is 41.1. The quantitative estimate of drug-likeness (QED) is 0.349. The van der Waals surface area contributed by atoms with Crippen LogP contribution >= 0.6 is 23.2 Å². The molecule has 198 valence electrons. The molecule has 0 fully saturated rings. The highest BCUT2D eigenvalue weighted by Gasteiger charge is 2.29. The van der Waals surface area contributed by atoms with Crippen LogP contribution in [0.1, 0.15) is 47.9 Å². The molecule has 0 aliphatic carbocycles. The first-order valence-corrected chi connectivity index (χ1v) is 12.6. The second-order valence-corrected chi connectivity index (χ2v) is 9.84. The van der Waals surface area contributed by atoms with Crippen molar-refractivity contribution in [2.45, 2.75) is 50.7 Å². The highest BCUT2D eigenvalue weighted by Crippen LogP contribution is 2.26. The number of carbonyl (C=O) groups is 2. The Labute approximate surface area is 221 Å². The fraction of sp³-hybridized carbons (Fsp3) is 0.462. The minimum absolute atomic E-state index is 0.580. The average molecular weight is 541 g/mol. The van der Waals surface area contributed by atoms with Crippen LogP contribution in [0.15, 0.2) is 36.4 Å². The maximum atomic E-state index is 9.77. The number of aliphatic hydroxyl groups excluding tert-OH is 2. The lowest BCUT2D eigenvalue weighted by atomic mass is 9.96. The summed E-state index contributed by atoms with van der Waals surface area (Å²) in [7, 11) is 0. The van der Waals surface area contributed by atoms with Crippen LogP contribution in [0.25, 0.3) is 0 Å². The van der Waals surface area contributed by atoms with Crippen molar-refractivity contribution in [2.75, 3.05) is 26.2 Å². The summed E-state index contributed by atoms with van der Waals surface area (Å²) in [5.74, 6) is -2.38. The van der Waals surface area contributed by atoms with Gasteiger partial charge in [0.25, 0.3) is 0 Å². The molecule has 2 aliphatic rings. The Kier molecular flexibility index (Phi) is 12.1. The van der Waals surface area contributed by atoms with E-state index in [-0.39, 0.29) is 0 Å². The predicted octanol–water partition coefficient (Wildman–Crippen LogP) is 3.06. The van der Waals surface area contributed by atoms with Crippen LogP contribution in [0, 0.1) is 0 Å². The average Bonchev–Trinajstić information content (AvgIpc) is 3.14. The van der Waals surface area contributed by atoms with E-state index in [1.54, 1.807) is 0 Å². The third kappa shape index (κ3) is 9.03. The zero-order chi connectivity index (χ0) is 26.8. The lowest BCUT2D eigenvalue weighted by Gasteiger charge is -2.11. The first-order chi connectivity index (χ1) is 17.0. The molecule has 8 nitrogen and oxygen atoms in total. The number of aliphatic hydroxyl groups is 2. The van der Waals surface area contributed by atoms with Crippen LogP contribution in [0.5, 0.6) is 0 Å². The Morgan fingerprint density at radius 1 is 0.778 bits per heavy atom. The number of nitrogens with one attached hydrogen (secondary N) is 2. The summed E-state index contributed by atoms with van der Waals surface area (Å²) in [6.07, 6.45) is -2.29. The molecule has 0 bridgehead atoms. The number of hydrogen-bond acceptors (Lipinski definition) is 6. The van der Waals surface area contributed by atoms with Gasteiger partial charge in [0.05, 0.1) is 0 Å². The molecule has 0 radical (unpaired) electrons. The zero-order valence-electron chi connectivity index (χ0n) is 20.4. The number of halogens is 2. The van der Waals surface area contributed by atoms with Gasteiger partial charge in [-0.05, 0) is 84.3 Å². The fourth-order valence-electron chi connectivity index (χ4n) is 4.08. The molecule has 4 rings (SSSR count). The summed E-state index contributed by atoms with van der Waals surface area (Å²) in [5.41, 5.74) is 5.72. The van der Waals surface area contributed by atoms with E-state index in [2.05, 4.69) is 48.7 Å². The van der Waals surface area contributed by atoms with E-state index < -0.39 is 24.1 Å². The van der Waals surface area contributed by atoms with Gasteiger partial charge in [-0.3, -0.25) is 0 Å². The molecular weight excluding hydrogens is 507 g/mol. The van der Waals surface area contributed by atoms with Crippen molar-refractivity contribution in [3.8, 4) is 0 Å². The monoisotopic (exact) mass is 540 g/mol. The topological polar surface area (TPSA) is 139 Å². The Balaban J connectivity index is 0.000000193. The van der Waals surface area contributed by atoms with E-state index in [1.807, 2.05) is 12.1 Å². The van der Waals surface area contributed by atoms with E-state index in [0.29, 0.717) is 11.8 Å². The third-order valence-electron chi connectivity index (χ3n) is 6.13. The maximum Gasteiger partial charge on any atom is 0.335 e. The molecule has 10 heteroatoms. The van der Waals surface area contributed by atoms with Crippen LogP contribution in [0.2, 0.25) is 10.0 Å². The standard InChI is InChI=1S/2C11H14ClN.C4H6O6/c2*1-8-7-13-5-4-9-2-3-10(12)6-11(8)9;5-1(3(7)8)2(6)4(9)10/h2*2-3,6,8,13H,4-5,7H2,1H3;1-2,5-6H,(H,7,8)(H,9,10). The number of benzene rings is 2. The lowest BCUT2D eigenvalue weighted by Crippen LogP contribution is -2.39. The van der Waals surface area contributed by atoms with Crippen molar-refractivity contribution >= 4 is 35.1 Å². The Bertz CT molecular complexity index is 954. The SMILES string of the molecule is CC1CNCCc2ccc(Cl)cc21.CC1CNCCc2ccc(Cl)cc21.O=C(O)C(O)C(O)C(=O)O. The van der Waals surface area contributed by atoms with E-state index in [9.17, 15) is 9.59 Å². The highest BCUT2D eigenvalue weighted by molar-refractivity contribution is 6.31. The molecule has 2 heterocycles. The molecule has 4 unspecified atom stereocenters. The molecule has 6 N–H and O–H groups in total. The summed E-state index contributed by atoms with van der Waals surface area (Å²) in [6, 6.07) is 12.5. The number of carboxylic acids is 2. The van der Waals surface area contributed by atoms with Crippen molar-refractivity contribution in [1.82, 2.24) is 10.6 Å². The molecule has 0 aromatic heterocycles. The zero-order valence-corrected chi connectivity index (χ0v) is 21.9. The van der Waals surface area contributed by atoms with Gasteiger partial charge in [-0.25, -0.2) is 9.59 Å². The number of aliphatic carboxylic acids is 2. The fourth-order valence-corrected chi connectivity index (χ4v) is 4.44. The maximum absolute atomic E-state index is 9.77. The molecule has 4 atom stereocenters. The van der Waals surface area contributed by atoms with Gasteiger partial charge >= 0.3 is 11.9 Å². The van der Waals surface area contributed by atoms with Gasteiger partial charge in [0.15, 0.2) is 12.2 Å². The van der Waals surface area contributed by atoms with Crippen molar-refractivity contribution in [3.05, 3.63) is 68.7 Å². The molecule has 0 saturated heterocycles. The van der Waals surface area contributed by atoms with Gasteiger partial charge in [-0.1, -0.05) is 49.2 Å². The van der Waals surface area contributed by atoms with E-state index >= 15 is 0 Å². The Morgan fingerprint density at radius 3 is 1.47 bits per heavy atom. The van der Waals surface area contributed by atoms with Crippen LogP contribution in [-0.4, -0.2) is 70.8 Å². The number of carboxylic acid groups (broad SMARTS) is 2. The lowest BCUT2D eigenvalue weighted by molar-refractivity contribution is -0.165. The molecule has 2 aromatic rings. The van der Waals surface area contributed by atoms with Crippen LogP contribution in [0.4, 0.5) is 0 Å². The van der Waals surface area contributed by atoms with E-state index in [1.165, 1.54) is 22.3 Å². The smallest absolute Gasteiger partial charge is 0.335 e. The van der Waals surface area contributed by atoms with E-state index in [4.69, 9.17) is 43.6 Å². The molecule has 2 aromatic carbocycles. The molecule has 2 aliphatic heterocycles. The predicted molar refractivity (Wildman–Crippen MR) is 140 cm³/mol.